The first kappa shape index (κ1) is 16.5. The van der Waals surface area contributed by atoms with Crippen molar-refractivity contribution >= 4 is 5.91 Å². The van der Waals surface area contributed by atoms with E-state index in [-0.39, 0.29) is 43.4 Å². The van der Waals surface area contributed by atoms with E-state index in [4.69, 9.17) is 0 Å². The summed E-state index contributed by atoms with van der Waals surface area (Å²) in [5, 5.41) is 2.77. The number of carbonyl (C=O) groups is 1. The summed E-state index contributed by atoms with van der Waals surface area (Å²) in [4.78, 5) is 16.4. The van der Waals surface area contributed by atoms with Gasteiger partial charge in [0.2, 0.25) is 5.92 Å². The van der Waals surface area contributed by atoms with E-state index in [0.29, 0.717) is 16.8 Å². The Kier molecular flexibility index (Phi) is 4.55. The number of alkyl halides is 2. The summed E-state index contributed by atoms with van der Waals surface area (Å²) in [6.07, 6.45) is 1.55. The molecule has 1 aliphatic carbocycles. The summed E-state index contributed by atoms with van der Waals surface area (Å²) in [6.45, 7) is 0. The zero-order chi connectivity index (χ0) is 17.2. The van der Waals surface area contributed by atoms with Crippen LogP contribution >= 0.6 is 0 Å². The number of amides is 1. The molecule has 0 spiro atoms. The van der Waals surface area contributed by atoms with Crippen molar-refractivity contribution in [1.82, 2.24) is 10.3 Å². The molecule has 1 fully saturated rings. The van der Waals surface area contributed by atoms with E-state index in [0.717, 1.165) is 0 Å². The molecule has 3 rings (SSSR count). The van der Waals surface area contributed by atoms with Crippen molar-refractivity contribution in [2.24, 2.45) is 0 Å². The first-order valence-corrected chi connectivity index (χ1v) is 7.84. The standard InChI is InChI=1S/C18H17F3N2O/c19-14-3-1-2-12(10-14)16-5-4-13(11-22-16)17(24)23-15-6-8-18(20,21)9-7-15/h1-5,10-11,15H,6-9H2,(H,23,24). The van der Waals surface area contributed by atoms with Crippen LogP contribution in [-0.2, 0) is 0 Å². The monoisotopic (exact) mass is 334 g/mol. The molecule has 1 heterocycles. The van der Waals surface area contributed by atoms with Crippen LogP contribution in [0.3, 0.4) is 0 Å². The summed E-state index contributed by atoms with van der Waals surface area (Å²) in [5.41, 5.74) is 1.53. The molecule has 0 atom stereocenters. The number of nitrogens with one attached hydrogen (secondary N) is 1. The Balaban J connectivity index is 1.64. The number of carbonyl (C=O) groups excluding carboxylic acids is 1. The van der Waals surface area contributed by atoms with Gasteiger partial charge in [-0.1, -0.05) is 12.1 Å². The van der Waals surface area contributed by atoms with Crippen LogP contribution in [-0.4, -0.2) is 22.9 Å². The Bertz CT molecular complexity index is 721. The van der Waals surface area contributed by atoms with Crippen molar-refractivity contribution in [3.8, 4) is 11.3 Å². The summed E-state index contributed by atoms with van der Waals surface area (Å²) in [5.74, 6) is -3.30. The zero-order valence-corrected chi connectivity index (χ0v) is 12.9. The molecule has 2 aromatic rings. The molecular formula is C18H17F3N2O. The summed E-state index contributed by atoms with van der Waals surface area (Å²) in [6, 6.07) is 9.03. The van der Waals surface area contributed by atoms with Crippen LogP contribution in [0.1, 0.15) is 36.0 Å². The molecule has 1 aromatic carbocycles. The normalized spacial score (nSPS) is 17.5. The maximum atomic E-state index is 13.2. The number of aromatic nitrogens is 1. The zero-order valence-electron chi connectivity index (χ0n) is 12.9. The molecule has 1 amide bonds. The fraction of sp³-hybridized carbons (Fsp3) is 0.333. The molecule has 1 saturated carbocycles. The lowest BCUT2D eigenvalue weighted by Gasteiger charge is -2.28. The van der Waals surface area contributed by atoms with Gasteiger partial charge in [-0.25, -0.2) is 13.2 Å². The SMILES string of the molecule is O=C(NC1CCC(F)(F)CC1)c1ccc(-c2cccc(F)c2)nc1. The Morgan fingerprint density at radius 3 is 2.54 bits per heavy atom. The van der Waals surface area contributed by atoms with E-state index in [2.05, 4.69) is 10.3 Å². The molecule has 3 nitrogen and oxygen atoms in total. The van der Waals surface area contributed by atoms with Gasteiger partial charge in [-0.2, -0.15) is 0 Å². The van der Waals surface area contributed by atoms with Gasteiger partial charge in [0.1, 0.15) is 5.82 Å². The third-order valence-corrected chi connectivity index (χ3v) is 4.20. The largest absolute Gasteiger partial charge is 0.349 e. The molecule has 0 bridgehead atoms. The lowest BCUT2D eigenvalue weighted by Crippen LogP contribution is -2.40. The van der Waals surface area contributed by atoms with Crippen molar-refractivity contribution in [2.75, 3.05) is 0 Å². The van der Waals surface area contributed by atoms with Crippen molar-refractivity contribution in [3.05, 3.63) is 54.0 Å². The van der Waals surface area contributed by atoms with Gasteiger partial charge in [-0.3, -0.25) is 9.78 Å². The number of benzene rings is 1. The highest BCUT2D eigenvalue weighted by molar-refractivity contribution is 5.94. The van der Waals surface area contributed by atoms with E-state index < -0.39 is 5.92 Å². The molecule has 0 saturated heterocycles. The first-order valence-electron chi connectivity index (χ1n) is 7.84. The van der Waals surface area contributed by atoms with Crippen molar-refractivity contribution in [2.45, 2.75) is 37.6 Å². The minimum Gasteiger partial charge on any atom is -0.349 e. The molecule has 0 unspecified atom stereocenters. The average molecular weight is 334 g/mol. The minimum absolute atomic E-state index is 0.200. The van der Waals surface area contributed by atoms with E-state index in [9.17, 15) is 18.0 Å². The Labute approximate surface area is 137 Å². The highest BCUT2D eigenvalue weighted by Crippen LogP contribution is 2.33. The molecule has 1 aromatic heterocycles. The molecule has 6 heteroatoms. The fourth-order valence-corrected chi connectivity index (χ4v) is 2.80. The minimum atomic E-state index is -2.62. The molecule has 24 heavy (non-hydrogen) atoms. The van der Waals surface area contributed by atoms with Gasteiger partial charge < -0.3 is 5.32 Å². The second-order valence-corrected chi connectivity index (χ2v) is 6.05. The van der Waals surface area contributed by atoms with E-state index in [1.165, 1.54) is 18.3 Å². The quantitative estimate of drug-likeness (QED) is 0.914. The van der Waals surface area contributed by atoms with Crippen LogP contribution in [0.5, 0.6) is 0 Å². The Morgan fingerprint density at radius 2 is 1.92 bits per heavy atom. The van der Waals surface area contributed by atoms with Gasteiger partial charge in [-0.05, 0) is 37.1 Å². The second kappa shape index (κ2) is 6.63. The van der Waals surface area contributed by atoms with Gasteiger partial charge in [0.05, 0.1) is 11.3 Å². The molecule has 1 aliphatic rings. The van der Waals surface area contributed by atoms with Crippen LogP contribution in [0.4, 0.5) is 13.2 Å². The molecule has 0 radical (unpaired) electrons. The van der Waals surface area contributed by atoms with E-state index in [1.807, 2.05) is 0 Å². The summed E-state index contributed by atoms with van der Waals surface area (Å²) < 4.78 is 39.5. The van der Waals surface area contributed by atoms with Crippen LogP contribution in [0.2, 0.25) is 0 Å². The highest BCUT2D eigenvalue weighted by atomic mass is 19.3. The van der Waals surface area contributed by atoms with Crippen molar-refractivity contribution in [3.63, 3.8) is 0 Å². The smallest absolute Gasteiger partial charge is 0.253 e. The Morgan fingerprint density at radius 1 is 1.17 bits per heavy atom. The van der Waals surface area contributed by atoms with E-state index in [1.54, 1.807) is 24.3 Å². The Hall–Kier alpha value is -2.37. The average Bonchev–Trinajstić information content (AvgIpc) is 2.57. The summed E-state index contributed by atoms with van der Waals surface area (Å²) in [7, 11) is 0. The highest BCUT2D eigenvalue weighted by Gasteiger charge is 2.35. The van der Waals surface area contributed by atoms with Crippen molar-refractivity contribution < 1.29 is 18.0 Å². The molecule has 126 valence electrons. The van der Waals surface area contributed by atoms with Crippen LogP contribution in [0.25, 0.3) is 11.3 Å². The van der Waals surface area contributed by atoms with Gasteiger partial charge in [0, 0.05) is 30.6 Å². The number of pyridine rings is 1. The molecular weight excluding hydrogens is 317 g/mol. The first-order chi connectivity index (χ1) is 11.4. The topological polar surface area (TPSA) is 42.0 Å². The number of hydrogen-bond acceptors (Lipinski definition) is 2. The third kappa shape index (κ3) is 3.93. The maximum absolute atomic E-state index is 13.2. The number of hydrogen-bond donors (Lipinski definition) is 1. The van der Waals surface area contributed by atoms with Crippen LogP contribution < -0.4 is 5.32 Å². The predicted octanol–water partition coefficient (Wildman–Crippen LogP) is 4.20. The number of nitrogens with zero attached hydrogens (tertiary/aromatic N) is 1. The van der Waals surface area contributed by atoms with E-state index >= 15 is 0 Å². The fourth-order valence-electron chi connectivity index (χ4n) is 2.80. The molecule has 1 N–H and O–H groups in total. The number of halogens is 3. The predicted molar refractivity (Wildman–Crippen MR) is 84.3 cm³/mol. The van der Waals surface area contributed by atoms with Gasteiger partial charge in [-0.15, -0.1) is 0 Å². The van der Waals surface area contributed by atoms with Crippen molar-refractivity contribution in [1.29, 1.82) is 0 Å². The lowest BCUT2D eigenvalue weighted by atomic mass is 9.92. The van der Waals surface area contributed by atoms with Crippen LogP contribution in [0.15, 0.2) is 42.6 Å². The summed E-state index contributed by atoms with van der Waals surface area (Å²) >= 11 is 0. The second-order valence-electron chi connectivity index (χ2n) is 6.05. The molecule has 0 aliphatic heterocycles. The van der Waals surface area contributed by atoms with Gasteiger partial charge >= 0.3 is 0 Å². The van der Waals surface area contributed by atoms with Gasteiger partial charge in [0.25, 0.3) is 5.91 Å². The lowest BCUT2D eigenvalue weighted by molar-refractivity contribution is -0.0399. The maximum Gasteiger partial charge on any atom is 0.253 e. The number of rotatable bonds is 3. The van der Waals surface area contributed by atoms with Gasteiger partial charge in [0.15, 0.2) is 0 Å². The van der Waals surface area contributed by atoms with Crippen LogP contribution in [0, 0.1) is 5.82 Å². The third-order valence-electron chi connectivity index (χ3n) is 4.20.